The standard InChI is InChI=1S/C17H21ClN2O3/c1-4-9-20(12-7-5-6-8-12)17(21)19-14-11-15(22-2)13(18)10-16(14)23-3/h1,10-12H,5-9H2,2-3H3,(H,19,21). The number of carbonyl (C=O) groups is 1. The summed E-state index contributed by atoms with van der Waals surface area (Å²) >= 11 is 6.08. The van der Waals surface area contributed by atoms with Crippen LogP contribution in [0.1, 0.15) is 25.7 Å². The van der Waals surface area contributed by atoms with Gasteiger partial charge in [-0.25, -0.2) is 4.79 Å². The number of carbonyl (C=O) groups excluding carboxylic acids is 1. The Morgan fingerprint density at radius 3 is 2.57 bits per heavy atom. The van der Waals surface area contributed by atoms with E-state index in [1.54, 1.807) is 17.0 Å². The normalized spacial score (nSPS) is 14.2. The maximum absolute atomic E-state index is 12.6. The van der Waals surface area contributed by atoms with Crippen molar-refractivity contribution in [2.24, 2.45) is 0 Å². The van der Waals surface area contributed by atoms with Gasteiger partial charge in [-0.15, -0.1) is 6.42 Å². The number of benzene rings is 1. The van der Waals surface area contributed by atoms with Crippen molar-refractivity contribution >= 4 is 23.3 Å². The van der Waals surface area contributed by atoms with Crippen molar-refractivity contribution in [1.82, 2.24) is 4.90 Å². The van der Waals surface area contributed by atoms with Gasteiger partial charge in [0.1, 0.15) is 11.5 Å². The number of hydrogen-bond acceptors (Lipinski definition) is 3. The second kappa shape index (κ2) is 7.98. The van der Waals surface area contributed by atoms with E-state index in [4.69, 9.17) is 27.5 Å². The van der Waals surface area contributed by atoms with Gasteiger partial charge in [-0.3, -0.25) is 0 Å². The molecule has 0 spiro atoms. The molecule has 2 rings (SSSR count). The lowest BCUT2D eigenvalue weighted by molar-refractivity contribution is 0.197. The first-order valence-electron chi connectivity index (χ1n) is 7.53. The summed E-state index contributed by atoms with van der Waals surface area (Å²) in [5.41, 5.74) is 0.499. The zero-order valence-electron chi connectivity index (χ0n) is 13.4. The molecule has 1 N–H and O–H groups in total. The summed E-state index contributed by atoms with van der Waals surface area (Å²) in [6.45, 7) is 0.281. The van der Waals surface area contributed by atoms with Crippen LogP contribution in [0.4, 0.5) is 10.5 Å². The quantitative estimate of drug-likeness (QED) is 0.833. The number of urea groups is 1. The predicted octanol–water partition coefficient (Wildman–Crippen LogP) is 3.77. The van der Waals surface area contributed by atoms with E-state index in [9.17, 15) is 4.79 Å². The number of nitrogens with one attached hydrogen (secondary N) is 1. The van der Waals surface area contributed by atoms with Gasteiger partial charge in [0.05, 0.1) is 31.5 Å². The maximum atomic E-state index is 12.6. The highest BCUT2D eigenvalue weighted by Crippen LogP contribution is 2.36. The molecule has 0 radical (unpaired) electrons. The molecule has 1 aromatic rings. The van der Waals surface area contributed by atoms with Gasteiger partial charge >= 0.3 is 6.03 Å². The van der Waals surface area contributed by atoms with Crippen LogP contribution in [0.2, 0.25) is 5.02 Å². The first-order valence-corrected chi connectivity index (χ1v) is 7.91. The molecule has 23 heavy (non-hydrogen) atoms. The molecule has 1 aromatic carbocycles. The Bertz CT molecular complexity index is 607. The van der Waals surface area contributed by atoms with Crippen LogP contribution in [0, 0.1) is 12.3 Å². The minimum absolute atomic E-state index is 0.186. The zero-order valence-corrected chi connectivity index (χ0v) is 14.2. The van der Waals surface area contributed by atoms with Crippen molar-refractivity contribution in [3.8, 4) is 23.8 Å². The highest BCUT2D eigenvalue weighted by Gasteiger charge is 2.26. The second-order valence-corrected chi connectivity index (χ2v) is 5.79. The van der Waals surface area contributed by atoms with Crippen LogP contribution in [-0.4, -0.2) is 37.7 Å². The Hall–Kier alpha value is -2.06. The molecule has 0 aliphatic heterocycles. The third-order valence-electron chi connectivity index (χ3n) is 4.00. The van der Waals surface area contributed by atoms with Crippen LogP contribution in [0.25, 0.3) is 0 Å². The summed E-state index contributed by atoms with van der Waals surface area (Å²) < 4.78 is 10.5. The van der Waals surface area contributed by atoms with E-state index in [0.29, 0.717) is 22.2 Å². The van der Waals surface area contributed by atoms with Crippen molar-refractivity contribution in [2.45, 2.75) is 31.7 Å². The molecular weight excluding hydrogens is 316 g/mol. The number of halogens is 1. The van der Waals surface area contributed by atoms with Crippen LogP contribution in [0.15, 0.2) is 12.1 Å². The Labute approximate surface area is 141 Å². The lowest BCUT2D eigenvalue weighted by Crippen LogP contribution is -2.41. The van der Waals surface area contributed by atoms with Crippen molar-refractivity contribution in [2.75, 3.05) is 26.1 Å². The van der Waals surface area contributed by atoms with Gasteiger partial charge in [-0.05, 0) is 12.8 Å². The van der Waals surface area contributed by atoms with Crippen LogP contribution >= 0.6 is 11.6 Å². The van der Waals surface area contributed by atoms with Crippen molar-refractivity contribution in [3.63, 3.8) is 0 Å². The van der Waals surface area contributed by atoms with Crippen LogP contribution < -0.4 is 14.8 Å². The average molecular weight is 337 g/mol. The summed E-state index contributed by atoms with van der Waals surface area (Å²) in [6, 6.07) is 3.20. The number of amides is 2. The number of anilines is 1. The molecule has 0 heterocycles. The molecule has 0 bridgehead atoms. The number of rotatable bonds is 5. The topological polar surface area (TPSA) is 50.8 Å². The fourth-order valence-corrected chi connectivity index (χ4v) is 3.06. The molecule has 124 valence electrons. The molecular formula is C17H21ClN2O3. The van der Waals surface area contributed by atoms with Gasteiger partial charge < -0.3 is 19.7 Å². The minimum atomic E-state index is -0.238. The van der Waals surface area contributed by atoms with E-state index < -0.39 is 0 Å². The third-order valence-corrected chi connectivity index (χ3v) is 4.30. The molecule has 0 saturated heterocycles. The minimum Gasteiger partial charge on any atom is -0.495 e. The molecule has 0 unspecified atom stereocenters. The van der Waals surface area contributed by atoms with Crippen molar-refractivity contribution in [1.29, 1.82) is 0 Å². The molecule has 5 nitrogen and oxygen atoms in total. The fraction of sp³-hybridized carbons (Fsp3) is 0.471. The lowest BCUT2D eigenvalue weighted by Gasteiger charge is -2.27. The largest absolute Gasteiger partial charge is 0.495 e. The second-order valence-electron chi connectivity index (χ2n) is 5.39. The highest BCUT2D eigenvalue weighted by atomic mass is 35.5. The predicted molar refractivity (Wildman–Crippen MR) is 91.4 cm³/mol. The van der Waals surface area contributed by atoms with Crippen LogP contribution in [-0.2, 0) is 0 Å². The Kier molecular flexibility index (Phi) is 6.00. The van der Waals surface area contributed by atoms with Crippen LogP contribution in [0.3, 0.4) is 0 Å². The summed E-state index contributed by atoms with van der Waals surface area (Å²) in [5, 5.41) is 3.27. The number of hydrogen-bond donors (Lipinski definition) is 1. The van der Waals surface area contributed by atoms with Gasteiger partial charge in [0.2, 0.25) is 0 Å². The molecule has 0 aromatic heterocycles. The van der Waals surface area contributed by atoms with Crippen molar-refractivity contribution < 1.29 is 14.3 Å². The summed E-state index contributed by atoms with van der Waals surface area (Å²) in [4.78, 5) is 14.3. The number of terminal acetylenes is 1. The number of nitrogens with zero attached hydrogens (tertiary/aromatic N) is 1. The molecule has 0 atom stereocenters. The van der Waals surface area contributed by atoms with Gasteiger partial charge in [-0.1, -0.05) is 30.4 Å². The smallest absolute Gasteiger partial charge is 0.322 e. The lowest BCUT2D eigenvalue weighted by atomic mass is 10.2. The number of methoxy groups -OCH3 is 2. The van der Waals surface area contributed by atoms with Gasteiger partial charge in [0, 0.05) is 18.2 Å². The Morgan fingerprint density at radius 2 is 2.00 bits per heavy atom. The molecule has 1 saturated carbocycles. The molecule has 2 amide bonds. The van der Waals surface area contributed by atoms with Gasteiger partial charge in [-0.2, -0.15) is 0 Å². The number of ether oxygens (including phenoxy) is 2. The SMILES string of the molecule is C#CCN(C(=O)Nc1cc(OC)c(Cl)cc1OC)C1CCCC1. The first-order chi connectivity index (χ1) is 11.1. The molecule has 1 fully saturated rings. The van der Waals surface area contributed by atoms with E-state index >= 15 is 0 Å². The third kappa shape index (κ3) is 4.02. The monoisotopic (exact) mass is 336 g/mol. The van der Waals surface area contributed by atoms with E-state index in [0.717, 1.165) is 25.7 Å². The fourth-order valence-electron chi connectivity index (χ4n) is 2.83. The average Bonchev–Trinajstić information content (AvgIpc) is 3.07. The summed E-state index contributed by atoms with van der Waals surface area (Å²) in [5.74, 6) is 3.49. The Morgan fingerprint density at radius 1 is 1.35 bits per heavy atom. The molecule has 1 aliphatic rings. The Balaban J connectivity index is 2.22. The van der Waals surface area contributed by atoms with Crippen molar-refractivity contribution in [3.05, 3.63) is 17.2 Å². The highest BCUT2D eigenvalue weighted by molar-refractivity contribution is 6.32. The zero-order chi connectivity index (χ0) is 16.8. The van der Waals surface area contributed by atoms with E-state index in [1.807, 2.05) is 0 Å². The van der Waals surface area contributed by atoms with Gasteiger partial charge in [0.15, 0.2) is 0 Å². The summed E-state index contributed by atoms with van der Waals surface area (Å²) in [7, 11) is 3.03. The first kappa shape index (κ1) is 17.3. The van der Waals surface area contributed by atoms with Crippen LogP contribution in [0.5, 0.6) is 11.5 Å². The van der Waals surface area contributed by atoms with E-state index in [1.165, 1.54) is 14.2 Å². The van der Waals surface area contributed by atoms with E-state index in [-0.39, 0.29) is 18.6 Å². The van der Waals surface area contributed by atoms with Gasteiger partial charge in [0.25, 0.3) is 0 Å². The van der Waals surface area contributed by atoms with E-state index in [2.05, 4.69) is 11.2 Å². The maximum Gasteiger partial charge on any atom is 0.322 e. The molecule has 1 aliphatic carbocycles. The summed E-state index contributed by atoms with van der Waals surface area (Å²) in [6.07, 6.45) is 9.62. The molecule has 6 heteroatoms.